The summed E-state index contributed by atoms with van der Waals surface area (Å²) in [6, 6.07) is 14.5. The molecule has 1 heterocycles. The van der Waals surface area contributed by atoms with Crippen LogP contribution in [0.5, 0.6) is 0 Å². The minimum atomic E-state index is -3.61. The third kappa shape index (κ3) is 5.49. The molecule has 3 rings (SSSR count). The van der Waals surface area contributed by atoms with Crippen LogP contribution in [-0.2, 0) is 26.1 Å². The fraction of sp³-hybridized carbons (Fsp3) is 0.421. The molecule has 7 nitrogen and oxygen atoms in total. The number of fused-ring (bicyclic) bond motifs is 1. The van der Waals surface area contributed by atoms with Gasteiger partial charge < -0.3 is 9.84 Å². The lowest BCUT2D eigenvalue weighted by molar-refractivity contribution is -0.137. The number of hydrogen-bond donors (Lipinski definition) is 1. The normalized spacial score (nSPS) is 18.8. The number of hydrogen-bond acceptors (Lipinski definition) is 5. The van der Waals surface area contributed by atoms with E-state index >= 15 is 0 Å². The van der Waals surface area contributed by atoms with Crippen molar-refractivity contribution in [2.45, 2.75) is 12.6 Å². The molecule has 1 aliphatic rings. The summed E-state index contributed by atoms with van der Waals surface area (Å²) < 4.78 is 30.3. The van der Waals surface area contributed by atoms with E-state index in [4.69, 9.17) is 9.84 Å². The smallest absolute Gasteiger partial charge is 0.318 e. The Balaban J connectivity index is 1.65. The maximum atomic E-state index is 11.8. The highest BCUT2D eigenvalue weighted by Crippen LogP contribution is 2.18. The molecule has 1 aliphatic heterocycles. The van der Waals surface area contributed by atoms with E-state index in [1.54, 1.807) is 0 Å². The highest BCUT2D eigenvalue weighted by atomic mass is 32.2. The Hall–Kier alpha value is -2.00. The Morgan fingerprint density at radius 3 is 2.70 bits per heavy atom. The van der Waals surface area contributed by atoms with Crippen LogP contribution in [0.3, 0.4) is 0 Å². The fourth-order valence-electron chi connectivity index (χ4n) is 3.33. The Bertz CT molecular complexity index is 915. The second kappa shape index (κ2) is 8.35. The second-order valence-electron chi connectivity index (χ2n) is 6.86. The number of nitrogens with zero attached hydrogens (tertiary/aromatic N) is 2. The van der Waals surface area contributed by atoms with Gasteiger partial charge in [0, 0.05) is 26.2 Å². The minimum Gasteiger partial charge on any atom is -0.480 e. The SMILES string of the molecule is CS(=O)(=O)N(CC(=O)O)CC1CN(Cc2ccc3ccccc3c2)CCO1. The van der Waals surface area contributed by atoms with E-state index in [2.05, 4.69) is 35.2 Å². The Labute approximate surface area is 159 Å². The van der Waals surface area contributed by atoms with Crippen molar-refractivity contribution in [3.8, 4) is 0 Å². The molecule has 1 atom stereocenters. The van der Waals surface area contributed by atoms with Crippen molar-refractivity contribution in [3.63, 3.8) is 0 Å². The summed E-state index contributed by atoms with van der Waals surface area (Å²) >= 11 is 0. The van der Waals surface area contributed by atoms with Crippen molar-refractivity contribution < 1.29 is 23.1 Å². The van der Waals surface area contributed by atoms with Gasteiger partial charge in [-0.2, -0.15) is 4.31 Å². The van der Waals surface area contributed by atoms with Crippen molar-refractivity contribution in [1.29, 1.82) is 0 Å². The van der Waals surface area contributed by atoms with Crippen molar-refractivity contribution in [2.24, 2.45) is 0 Å². The third-order valence-electron chi connectivity index (χ3n) is 4.63. The standard InChI is InChI=1S/C19H24N2O5S/c1-27(24,25)21(14-19(22)23)13-18-12-20(8-9-26-18)11-15-6-7-16-4-2-3-5-17(16)10-15/h2-7,10,18H,8-9,11-14H2,1H3,(H,22,23). The maximum absolute atomic E-state index is 11.8. The van der Waals surface area contributed by atoms with E-state index in [9.17, 15) is 13.2 Å². The summed E-state index contributed by atoms with van der Waals surface area (Å²) in [6.45, 7) is 2.02. The first-order chi connectivity index (χ1) is 12.8. The van der Waals surface area contributed by atoms with Gasteiger partial charge in [0.25, 0.3) is 0 Å². The van der Waals surface area contributed by atoms with Crippen LogP contribution < -0.4 is 0 Å². The summed E-state index contributed by atoms with van der Waals surface area (Å²) in [6.07, 6.45) is 0.666. The molecule has 2 aromatic carbocycles. The van der Waals surface area contributed by atoms with Crippen molar-refractivity contribution >= 4 is 26.8 Å². The number of ether oxygens (including phenoxy) is 1. The molecule has 0 spiro atoms. The van der Waals surface area contributed by atoms with Gasteiger partial charge in [0.05, 0.1) is 19.0 Å². The number of morpholine rings is 1. The van der Waals surface area contributed by atoms with E-state index < -0.39 is 22.5 Å². The summed E-state index contributed by atoms with van der Waals surface area (Å²) in [4.78, 5) is 13.2. The average Bonchev–Trinajstić information content (AvgIpc) is 2.60. The van der Waals surface area contributed by atoms with Gasteiger partial charge in [0.1, 0.15) is 6.54 Å². The first-order valence-corrected chi connectivity index (χ1v) is 10.6. The zero-order valence-electron chi connectivity index (χ0n) is 15.2. The number of carbonyl (C=O) groups is 1. The molecule has 0 amide bonds. The molecule has 8 heteroatoms. The number of benzene rings is 2. The van der Waals surface area contributed by atoms with Crippen molar-refractivity contribution in [1.82, 2.24) is 9.21 Å². The highest BCUT2D eigenvalue weighted by Gasteiger charge is 2.28. The van der Waals surface area contributed by atoms with E-state index in [-0.39, 0.29) is 12.6 Å². The number of aliphatic carboxylic acids is 1. The molecule has 1 saturated heterocycles. The summed E-state index contributed by atoms with van der Waals surface area (Å²) in [5.41, 5.74) is 1.18. The summed E-state index contributed by atoms with van der Waals surface area (Å²) in [5, 5.41) is 11.3. The van der Waals surface area contributed by atoms with Gasteiger partial charge >= 0.3 is 5.97 Å². The first kappa shape index (κ1) is 19.8. The number of carboxylic acid groups (broad SMARTS) is 1. The van der Waals surface area contributed by atoms with Crippen LogP contribution in [0.2, 0.25) is 0 Å². The van der Waals surface area contributed by atoms with Gasteiger partial charge in [0.2, 0.25) is 10.0 Å². The predicted octanol–water partition coefficient (Wildman–Crippen LogP) is 1.39. The minimum absolute atomic E-state index is 0.0410. The van der Waals surface area contributed by atoms with Gasteiger partial charge in [0.15, 0.2) is 0 Å². The molecule has 0 radical (unpaired) electrons. The predicted molar refractivity (Wildman–Crippen MR) is 103 cm³/mol. The van der Waals surface area contributed by atoms with Crippen LogP contribution in [0.1, 0.15) is 5.56 Å². The number of carboxylic acids is 1. The lowest BCUT2D eigenvalue weighted by atomic mass is 10.1. The van der Waals surface area contributed by atoms with E-state index in [1.165, 1.54) is 16.3 Å². The highest BCUT2D eigenvalue weighted by molar-refractivity contribution is 7.88. The van der Waals surface area contributed by atoms with Crippen LogP contribution in [0.25, 0.3) is 10.8 Å². The molecule has 1 fully saturated rings. The lowest BCUT2D eigenvalue weighted by Crippen LogP contribution is -2.49. The maximum Gasteiger partial charge on any atom is 0.318 e. The molecule has 146 valence electrons. The Kier molecular flexibility index (Phi) is 6.11. The molecule has 27 heavy (non-hydrogen) atoms. The fourth-order valence-corrected chi connectivity index (χ4v) is 4.11. The zero-order valence-corrected chi connectivity index (χ0v) is 16.1. The molecular weight excluding hydrogens is 368 g/mol. The molecule has 2 aromatic rings. The zero-order chi connectivity index (χ0) is 19.4. The van der Waals surface area contributed by atoms with Gasteiger partial charge in [-0.3, -0.25) is 9.69 Å². The molecule has 0 aliphatic carbocycles. The van der Waals surface area contributed by atoms with Gasteiger partial charge in [-0.1, -0.05) is 36.4 Å². The van der Waals surface area contributed by atoms with Gasteiger partial charge in [-0.15, -0.1) is 0 Å². The van der Waals surface area contributed by atoms with Crippen LogP contribution in [0, 0.1) is 0 Å². The lowest BCUT2D eigenvalue weighted by Gasteiger charge is -2.34. The molecule has 0 saturated carbocycles. The Morgan fingerprint density at radius 2 is 2.00 bits per heavy atom. The second-order valence-corrected chi connectivity index (χ2v) is 8.84. The first-order valence-electron chi connectivity index (χ1n) is 8.80. The molecular formula is C19H24N2O5S. The average molecular weight is 392 g/mol. The molecule has 0 aromatic heterocycles. The largest absolute Gasteiger partial charge is 0.480 e. The molecule has 1 N–H and O–H groups in total. The van der Waals surface area contributed by atoms with Crippen LogP contribution in [-0.4, -0.2) is 73.8 Å². The number of rotatable bonds is 7. The van der Waals surface area contributed by atoms with E-state index in [0.29, 0.717) is 13.2 Å². The van der Waals surface area contributed by atoms with Crippen molar-refractivity contribution in [2.75, 3.05) is 39.0 Å². The monoisotopic (exact) mass is 392 g/mol. The third-order valence-corrected chi connectivity index (χ3v) is 5.85. The van der Waals surface area contributed by atoms with Gasteiger partial charge in [-0.25, -0.2) is 8.42 Å². The van der Waals surface area contributed by atoms with Crippen molar-refractivity contribution in [3.05, 3.63) is 48.0 Å². The van der Waals surface area contributed by atoms with Crippen LogP contribution in [0.15, 0.2) is 42.5 Å². The van der Waals surface area contributed by atoms with Crippen LogP contribution >= 0.6 is 0 Å². The molecule has 1 unspecified atom stereocenters. The Morgan fingerprint density at radius 1 is 1.26 bits per heavy atom. The summed E-state index contributed by atoms with van der Waals surface area (Å²) in [5.74, 6) is -1.18. The van der Waals surface area contributed by atoms with E-state index in [0.717, 1.165) is 23.7 Å². The quantitative estimate of drug-likeness (QED) is 0.766. The van der Waals surface area contributed by atoms with E-state index in [1.807, 2.05) is 12.1 Å². The molecule has 0 bridgehead atoms. The summed E-state index contributed by atoms with van der Waals surface area (Å²) in [7, 11) is -3.61. The topological polar surface area (TPSA) is 87.2 Å². The van der Waals surface area contributed by atoms with Crippen LogP contribution in [0.4, 0.5) is 0 Å². The number of sulfonamides is 1. The van der Waals surface area contributed by atoms with Gasteiger partial charge in [-0.05, 0) is 22.4 Å².